The van der Waals surface area contributed by atoms with Gasteiger partial charge in [-0.3, -0.25) is 4.79 Å². The first-order valence-electron chi connectivity index (χ1n) is 8.01. The number of nitrogens with one attached hydrogen (secondary N) is 1. The molecule has 0 atom stereocenters. The summed E-state index contributed by atoms with van der Waals surface area (Å²) in [7, 11) is 1.61. The summed E-state index contributed by atoms with van der Waals surface area (Å²) in [5.41, 5.74) is 1.93. The standard InChI is InChI=1S/C19H16N2O5/c1-23-14-5-2-12(3-6-14)10-20-19(22)15-9-17(26-21-15)13-4-7-16-18(8-13)25-11-24-16/h2-9H,10-11H2,1H3,(H,20,22). The molecule has 1 aromatic heterocycles. The van der Waals surface area contributed by atoms with Gasteiger partial charge in [0.25, 0.3) is 5.91 Å². The van der Waals surface area contributed by atoms with E-state index in [0.717, 1.165) is 16.9 Å². The first kappa shape index (κ1) is 16.0. The van der Waals surface area contributed by atoms with Crippen molar-refractivity contribution in [2.24, 2.45) is 0 Å². The highest BCUT2D eigenvalue weighted by Gasteiger charge is 2.17. The van der Waals surface area contributed by atoms with Gasteiger partial charge in [-0.2, -0.15) is 0 Å². The number of methoxy groups -OCH3 is 1. The van der Waals surface area contributed by atoms with Crippen molar-refractivity contribution >= 4 is 5.91 Å². The van der Waals surface area contributed by atoms with E-state index < -0.39 is 0 Å². The fraction of sp³-hybridized carbons (Fsp3) is 0.158. The predicted molar refractivity (Wildman–Crippen MR) is 92.2 cm³/mol. The van der Waals surface area contributed by atoms with Gasteiger partial charge in [0, 0.05) is 18.2 Å². The molecular weight excluding hydrogens is 336 g/mol. The van der Waals surface area contributed by atoms with Gasteiger partial charge in [0.15, 0.2) is 23.0 Å². The topological polar surface area (TPSA) is 82.8 Å². The molecule has 1 aliphatic heterocycles. The largest absolute Gasteiger partial charge is 0.497 e. The van der Waals surface area contributed by atoms with E-state index in [1.807, 2.05) is 30.3 Å². The molecule has 132 valence electrons. The molecule has 7 heteroatoms. The summed E-state index contributed by atoms with van der Waals surface area (Å²) in [4.78, 5) is 12.3. The number of carbonyl (C=O) groups excluding carboxylic acids is 1. The minimum atomic E-state index is -0.309. The smallest absolute Gasteiger partial charge is 0.273 e. The van der Waals surface area contributed by atoms with Crippen LogP contribution in [0.3, 0.4) is 0 Å². The molecule has 0 radical (unpaired) electrons. The molecule has 2 heterocycles. The SMILES string of the molecule is COc1ccc(CNC(=O)c2cc(-c3ccc4c(c3)OCO4)on2)cc1. The van der Waals surface area contributed by atoms with Crippen LogP contribution in [0.4, 0.5) is 0 Å². The summed E-state index contributed by atoms with van der Waals surface area (Å²) in [6.45, 7) is 0.587. The molecule has 1 N–H and O–H groups in total. The molecular formula is C19H16N2O5. The number of fused-ring (bicyclic) bond motifs is 1. The number of amides is 1. The Bertz CT molecular complexity index is 933. The highest BCUT2D eigenvalue weighted by atomic mass is 16.7. The number of aromatic nitrogens is 1. The molecule has 0 bridgehead atoms. The predicted octanol–water partition coefficient (Wildman–Crippen LogP) is 3.01. The third-order valence-electron chi connectivity index (χ3n) is 4.01. The monoisotopic (exact) mass is 352 g/mol. The van der Waals surface area contributed by atoms with E-state index in [4.69, 9.17) is 18.7 Å². The van der Waals surface area contributed by atoms with Crippen LogP contribution in [-0.4, -0.2) is 25.0 Å². The number of rotatable bonds is 5. The minimum Gasteiger partial charge on any atom is -0.497 e. The maximum atomic E-state index is 12.3. The van der Waals surface area contributed by atoms with Gasteiger partial charge in [-0.05, 0) is 35.9 Å². The van der Waals surface area contributed by atoms with Crippen LogP contribution in [-0.2, 0) is 6.54 Å². The highest BCUT2D eigenvalue weighted by Crippen LogP contribution is 2.36. The van der Waals surface area contributed by atoms with Crippen LogP contribution >= 0.6 is 0 Å². The Balaban J connectivity index is 1.42. The number of nitrogens with zero attached hydrogens (tertiary/aromatic N) is 1. The van der Waals surface area contributed by atoms with Gasteiger partial charge < -0.3 is 24.1 Å². The van der Waals surface area contributed by atoms with Gasteiger partial charge in [-0.1, -0.05) is 17.3 Å². The van der Waals surface area contributed by atoms with Crippen molar-refractivity contribution in [3.63, 3.8) is 0 Å². The second-order valence-corrected chi connectivity index (χ2v) is 5.68. The van der Waals surface area contributed by atoms with Crippen LogP contribution in [0.2, 0.25) is 0 Å². The third kappa shape index (κ3) is 3.19. The first-order chi connectivity index (χ1) is 12.7. The summed E-state index contributed by atoms with van der Waals surface area (Å²) < 4.78 is 21.0. The maximum Gasteiger partial charge on any atom is 0.273 e. The highest BCUT2D eigenvalue weighted by molar-refractivity contribution is 5.93. The van der Waals surface area contributed by atoms with Crippen molar-refractivity contribution in [3.8, 4) is 28.6 Å². The van der Waals surface area contributed by atoms with Crippen molar-refractivity contribution in [3.05, 3.63) is 59.8 Å². The quantitative estimate of drug-likeness (QED) is 0.760. The molecule has 0 aliphatic carbocycles. The van der Waals surface area contributed by atoms with E-state index in [0.29, 0.717) is 23.8 Å². The molecule has 1 amide bonds. The molecule has 0 saturated carbocycles. The van der Waals surface area contributed by atoms with Gasteiger partial charge >= 0.3 is 0 Å². The van der Waals surface area contributed by atoms with Crippen LogP contribution in [0.1, 0.15) is 16.1 Å². The Morgan fingerprint density at radius 2 is 1.92 bits per heavy atom. The van der Waals surface area contributed by atoms with Gasteiger partial charge in [0.05, 0.1) is 7.11 Å². The van der Waals surface area contributed by atoms with E-state index in [2.05, 4.69) is 10.5 Å². The lowest BCUT2D eigenvalue weighted by molar-refractivity contribution is 0.0942. The molecule has 0 saturated heterocycles. The number of ether oxygens (including phenoxy) is 3. The molecule has 0 fully saturated rings. The van der Waals surface area contributed by atoms with Gasteiger partial charge in [-0.25, -0.2) is 0 Å². The summed E-state index contributed by atoms with van der Waals surface area (Å²) in [6.07, 6.45) is 0. The second-order valence-electron chi connectivity index (χ2n) is 5.68. The van der Waals surface area contributed by atoms with Crippen LogP contribution in [0.15, 0.2) is 53.1 Å². The maximum absolute atomic E-state index is 12.3. The lowest BCUT2D eigenvalue weighted by Crippen LogP contribution is -2.22. The molecule has 4 rings (SSSR count). The van der Waals surface area contributed by atoms with E-state index >= 15 is 0 Å². The first-order valence-corrected chi connectivity index (χ1v) is 8.01. The zero-order valence-electron chi connectivity index (χ0n) is 14.0. The minimum absolute atomic E-state index is 0.203. The lowest BCUT2D eigenvalue weighted by Gasteiger charge is -2.04. The van der Waals surface area contributed by atoms with Gasteiger partial charge in [0.1, 0.15) is 5.75 Å². The van der Waals surface area contributed by atoms with Crippen molar-refractivity contribution < 1.29 is 23.5 Å². The Hall–Kier alpha value is -3.48. The summed E-state index contributed by atoms with van der Waals surface area (Å²) >= 11 is 0. The summed E-state index contributed by atoms with van der Waals surface area (Å²) in [6, 6.07) is 14.5. The Kier molecular flexibility index (Phi) is 4.18. The summed E-state index contributed by atoms with van der Waals surface area (Å²) in [5, 5.41) is 6.66. The van der Waals surface area contributed by atoms with Crippen LogP contribution in [0, 0.1) is 0 Å². The van der Waals surface area contributed by atoms with Crippen molar-refractivity contribution in [2.75, 3.05) is 13.9 Å². The Morgan fingerprint density at radius 1 is 1.12 bits per heavy atom. The molecule has 3 aromatic rings. The average Bonchev–Trinajstić information content (AvgIpc) is 3.35. The Labute approximate surface area is 149 Å². The molecule has 26 heavy (non-hydrogen) atoms. The molecule has 1 aliphatic rings. The van der Waals surface area contributed by atoms with Crippen molar-refractivity contribution in [2.45, 2.75) is 6.54 Å². The van der Waals surface area contributed by atoms with E-state index in [9.17, 15) is 4.79 Å². The van der Waals surface area contributed by atoms with Crippen LogP contribution in [0.25, 0.3) is 11.3 Å². The third-order valence-corrected chi connectivity index (χ3v) is 4.01. The second kappa shape index (κ2) is 6.79. The zero-order chi connectivity index (χ0) is 17.9. The van der Waals surface area contributed by atoms with E-state index in [-0.39, 0.29) is 18.4 Å². The lowest BCUT2D eigenvalue weighted by atomic mass is 10.1. The molecule has 2 aromatic carbocycles. The van der Waals surface area contributed by atoms with Crippen molar-refractivity contribution in [1.29, 1.82) is 0 Å². The number of hydrogen-bond acceptors (Lipinski definition) is 6. The fourth-order valence-corrected chi connectivity index (χ4v) is 2.58. The average molecular weight is 352 g/mol. The van der Waals surface area contributed by atoms with Crippen LogP contribution in [0.5, 0.6) is 17.2 Å². The fourth-order valence-electron chi connectivity index (χ4n) is 2.58. The zero-order valence-corrected chi connectivity index (χ0v) is 14.0. The normalized spacial score (nSPS) is 12.0. The Morgan fingerprint density at radius 3 is 2.73 bits per heavy atom. The number of hydrogen-bond donors (Lipinski definition) is 1. The van der Waals surface area contributed by atoms with Gasteiger partial charge in [0.2, 0.25) is 6.79 Å². The number of benzene rings is 2. The van der Waals surface area contributed by atoms with Crippen molar-refractivity contribution in [1.82, 2.24) is 10.5 Å². The summed E-state index contributed by atoms with van der Waals surface area (Å²) in [5.74, 6) is 2.27. The van der Waals surface area contributed by atoms with E-state index in [1.54, 1.807) is 25.3 Å². The van der Waals surface area contributed by atoms with Gasteiger partial charge in [-0.15, -0.1) is 0 Å². The molecule has 7 nitrogen and oxygen atoms in total. The molecule has 0 spiro atoms. The van der Waals surface area contributed by atoms with E-state index in [1.165, 1.54) is 0 Å². The van der Waals surface area contributed by atoms with Crippen LogP contribution < -0.4 is 19.5 Å². The number of carbonyl (C=O) groups is 1. The molecule has 0 unspecified atom stereocenters.